The number of rotatable bonds is 4. The molecule has 0 spiro atoms. The summed E-state index contributed by atoms with van der Waals surface area (Å²) in [6.45, 7) is 0. The van der Waals surface area contributed by atoms with Crippen molar-refractivity contribution in [3.63, 3.8) is 0 Å². The predicted molar refractivity (Wildman–Crippen MR) is 68.9 cm³/mol. The lowest BCUT2D eigenvalue weighted by Crippen LogP contribution is -2.14. The van der Waals surface area contributed by atoms with Gasteiger partial charge in [-0.25, -0.2) is 0 Å². The summed E-state index contributed by atoms with van der Waals surface area (Å²) in [5.41, 5.74) is 8.44. The van der Waals surface area contributed by atoms with E-state index in [1.165, 1.54) is 0 Å². The zero-order valence-electron chi connectivity index (χ0n) is 9.78. The molecule has 0 aliphatic carbocycles. The van der Waals surface area contributed by atoms with Crippen LogP contribution in [-0.2, 0) is 4.79 Å². The molecule has 2 aromatic rings. The summed E-state index contributed by atoms with van der Waals surface area (Å²) in [6.07, 6.45) is 1.64. The van der Waals surface area contributed by atoms with Gasteiger partial charge in [0, 0.05) is 17.8 Å². The molecule has 0 amide bonds. The quantitative estimate of drug-likeness (QED) is 0.861. The van der Waals surface area contributed by atoms with Gasteiger partial charge in [0.05, 0.1) is 12.1 Å². The number of pyridine rings is 1. The highest BCUT2D eigenvalue weighted by Crippen LogP contribution is 2.21. The molecule has 0 aliphatic heterocycles. The van der Waals surface area contributed by atoms with Gasteiger partial charge in [0.1, 0.15) is 0 Å². The maximum Gasteiger partial charge on any atom is 0.305 e. The van der Waals surface area contributed by atoms with Gasteiger partial charge in [-0.05, 0) is 23.8 Å². The van der Waals surface area contributed by atoms with Gasteiger partial charge in [0.15, 0.2) is 0 Å². The molecule has 1 aromatic heterocycles. The van der Waals surface area contributed by atoms with Gasteiger partial charge in [-0.3, -0.25) is 9.78 Å². The van der Waals surface area contributed by atoms with Crippen LogP contribution in [0.5, 0.6) is 0 Å². The Morgan fingerprint density at radius 2 is 2.11 bits per heavy atom. The zero-order valence-corrected chi connectivity index (χ0v) is 9.78. The number of carboxylic acids is 1. The largest absolute Gasteiger partial charge is 0.481 e. The van der Waals surface area contributed by atoms with Crippen LogP contribution in [0.2, 0.25) is 0 Å². The minimum atomic E-state index is -0.897. The Labute approximate surface area is 105 Å². The summed E-state index contributed by atoms with van der Waals surface area (Å²) in [7, 11) is 0. The van der Waals surface area contributed by atoms with Crippen LogP contribution >= 0.6 is 0 Å². The Bertz CT molecular complexity index is 541. The van der Waals surface area contributed by atoms with Crippen molar-refractivity contribution < 1.29 is 9.90 Å². The fourth-order valence-corrected chi connectivity index (χ4v) is 1.77. The van der Waals surface area contributed by atoms with E-state index in [1.54, 1.807) is 6.20 Å². The van der Waals surface area contributed by atoms with Crippen LogP contribution in [0, 0.1) is 0 Å². The van der Waals surface area contributed by atoms with Crippen molar-refractivity contribution in [3.05, 3.63) is 54.2 Å². The number of aromatic nitrogens is 1. The molecule has 0 unspecified atom stereocenters. The number of nitrogens with zero attached hydrogens (tertiary/aromatic N) is 1. The number of hydrogen-bond acceptors (Lipinski definition) is 3. The Balaban J connectivity index is 2.28. The second-order valence-electron chi connectivity index (χ2n) is 4.04. The summed E-state index contributed by atoms with van der Waals surface area (Å²) in [4.78, 5) is 14.9. The summed E-state index contributed by atoms with van der Waals surface area (Å²) < 4.78 is 0. The topological polar surface area (TPSA) is 76.2 Å². The highest BCUT2D eigenvalue weighted by Gasteiger charge is 2.11. The molecule has 2 rings (SSSR count). The molecule has 0 bridgehead atoms. The van der Waals surface area contributed by atoms with E-state index in [0.29, 0.717) is 0 Å². The second-order valence-corrected chi connectivity index (χ2v) is 4.04. The third-order valence-electron chi connectivity index (χ3n) is 2.67. The minimum absolute atomic E-state index is 0.0777. The van der Waals surface area contributed by atoms with Crippen LogP contribution in [0.1, 0.15) is 18.0 Å². The van der Waals surface area contributed by atoms with Crippen LogP contribution in [0.25, 0.3) is 11.3 Å². The Morgan fingerprint density at radius 1 is 1.28 bits per heavy atom. The molecule has 1 aromatic carbocycles. The summed E-state index contributed by atoms with van der Waals surface area (Å²) in [5.74, 6) is -0.897. The van der Waals surface area contributed by atoms with E-state index in [4.69, 9.17) is 10.8 Å². The van der Waals surface area contributed by atoms with Gasteiger partial charge in [-0.1, -0.05) is 24.3 Å². The van der Waals surface area contributed by atoms with Crippen molar-refractivity contribution in [2.75, 3.05) is 0 Å². The third-order valence-corrected chi connectivity index (χ3v) is 2.67. The summed E-state index contributed by atoms with van der Waals surface area (Å²) in [6, 6.07) is 12.7. The van der Waals surface area contributed by atoms with Crippen LogP contribution in [0.3, 0.4) is 0 Å². The highest BCUT2D eigenvalue weighted by molar-refractivity contribution is 5.68. The van der Waals surface area contributed by atoms with E-state index < -0.39 is 12.0 Å². The van der Waals surface area contributed by atoms with Crippen molar-refractivity contribution in [2.45, 2.75) is 12.5 Å². The Morgan fingerprint density at radius 3 is 2.78 bits per heavy atom. The molecule has 3 N–H and O–H groups in total. The number of nitrogens with two attached hydrogens (primary N) is 1. The summed E-state index contributed by atoms with van der Waals surface area (Å²) in [5, 5.41) is 8.74. The zero-order chi connectivity index (χ0) is 13.0. The third kappa shape index (κ3) is 2.93. The molecule has 0 fully saturated rings. The van der Waals surface area contributed by atoms with Crippen molar-refractivity contribution in [1.29, 1.82) is 0 Å². The molecule has 0 saturated heterocycles. The predicted octanol–water partition coefficient (Wildman–Crippen LogP) is 2.22. The van der Waals surface area contributed by atoms with Crippen molar-refractivity contribution in [3.8, 4) is 11.3 Å². The number of hydrogen-bond donors (Lipinski definition) is 2. The molecule has 1 atom stereocenters. The number of benzene rings is 1. The molecule has 0 radical (unpaired) electrons. The SMILES string of the molecule is N[C@@H](CC(=O)O)c1cccc(-c2ccccn2)c1. The number of aliphatic carboxylic acids is 1. The summed E-state index contributed by atoms with van der Waals surface area (Å²) >= 11 is 0. The minimum Gasteiger partial charge on any atom is -0.481 e. The molecule has 4 nitrogen and oxygen atoms in total. The molecule has 0 saturated carbocycles. The van der Waals surface area contributed by atoms with Crippen LogP contribution < -0.4 is 5.73 Å². The fraction of sp³-hybridized carbons (Fsp3) is 0.143. The van der Waals surface area contributed by atoms with E-state index in [1.807, 2.05) is 42.5 Å². The first-order valence-corrected chi connectivity index (χ1v) is 5.65. The van der Waals surface area contributed by atoms with E-state index in [-0.39, 0.29) is 6.42 Å². The Kier molecular flexibility index (Phi) is 3.69. The molecule has 0 aliphatic rings. The maximum atomic E-state index is 10.6. The molecular formula is C14H14N2O2. The van der Waals surface area contributed by atoms with E-state index >= 15 is 0 Å². The normalized spacial score (nSPS) is 12.1. The first-order chi connectivity index (χ1) is 8.66. The van der Waals surface area contributed by atoms with Crippen LogP contribution in [0.15, 0.2) is 48.7 Å². The van der Waals surface area contributed by atoms with Gasteiger partial charge < -0.3 is 10.8 Å². The van der Waals surface area contributed by atoms with E-state index in [9.17, 15) is 4.79 Å². The smallest absolute Gasteiger partial charge is 0.305 e. The van der Waals surface area contributed by atoms with Crippen molar-refractivity contribution in [1.82, 2.24) is 4.98 Å². The first kappa shape index (κ1) is 12.3. The monoisotopic (exact) mass is 242 g/mol. The van der Waals surface area contributed by atoms with Crippen LogP contribution in [0.4, 0.5) is 0 Å². The van der Waals surface area contributed by atoms with Gasteiger partial charge in [0.25, 0.3) is 0 Å². The molecule has 18 heavy (non-hydrogen) atoms. The lowest BCUT2D eigenvalue weighted by atomic mass is 10.0. The highest BCUT2D eigenvalue weighted by atomic mass is 16.4. The first-order valence-electron chi connectivity index (χ1n) is 5.65. The van der Waals surface area contributed by atoms with Crippen molar-refractivity contribution >= 4 is 5.97 Å². The van der Waals surface area contributed by atoms with Crippen molar-refractivity contribution in [2.24, 2.45) is 5.73 Å². The standard InChI is InChI=1S/C14H14N2O2/c15-12(9-14(17)18)10-4-3-5-11(8-10)13-6-1-2-7-16-13/h1-8,12H,9,15H2,(H,17,18)/t12-/m0/s1. The lowest BCUT2D eigenvalue weighted by molar-refractivity contribution is -0.137. The second kappa shape index (κ2) is 5.42. The average molecular weight is 242 g/mol. The van der Waals surface area contributed by atoms with Gasteiger partial charge in [-0.15, -0.1) is 0 Å². The number of carbonyl (C=O) groups is 1. The van der Waals surface area contributed by atoms with Gasteiger partial charge >= 0.3 is 5.97 Å². The molecule has 1 heterocycles. The van der Waals surface area contributed by atoms with Gasteiger partial charge in [0.2, 0.25) is 0 Å². The average Bonchev–Trinajstić information content (AvgIpc) is 2.39. The fourth-order valence-electron chi connectivity index (χ4n) is 1.77. The van der Waals surface area contributed by atoms with Gasteiger partial charge in [-0.2, -0.15) is 0 Å². The Hall–Kier alpha value is -2.20. The number of carboxylic acid groups (broad SMARTS) is 1. The molecule has 4 heteroatoms. The van der Waals surface area contributed by atoms with Crippen LogP contribution in [-0.4, -0.2) is 16.1 Å². The molecule has 92 valence electrons. The van der Waals surface area contributed by atoms with E-state index in [2.05, 4.69) is 4.98 Å². The van der Waals surface area contributed by atoms with E-state index in [0.717, 1.165) is 16.8 Å². The maximum absolute atomic E-state index is 10.6. The lowest BCUT2D eigenvalue weighted by Gasteiger charge is -2.10. The molecular weight excluding hydrogens is 228 g/mol.